The topological polar surface area (TPSA) is 73.3 Å². The Morgan fingerprint density at radius 1 is 1.03 bits per heavy atom. The van der Waals surface area contributed by atoms with Crippen LogP contribution in [0, 0.1) is 0 Å². The van der Waals surface area contributed by atoms with Gasteiger partial charge in [-0.05, 0) is 54.3 Å². The lowest BCUT2D eigenvalue weighted by molar-refractivity contribution is 0.109. The molecule has 0 aliphatic carbocycles. The van der Waals surface area contributed by atoms with Crippen LogP contribution in [-0.4, -0.2) is 71.1 Å². The first-order chi connectivity index (χ1) is 14.8. The van der Waals surface area contributed by atoms with Crippen LogP contribution in [0.3, 0.4) is 0 Å². The van der Waals surface area contributed by atoms with Crippen molar-refractivity contribution in [2.24, 2.45) is 0 Å². The van der Waals surface area contributed by atoms with Crippen LogP contribution in [0.2, 0.25) is 0 Å². The highest BCUT2D eigenvalue weighted by molar-refractivity contribution is 7.92. The predicted octanol–water partition coefficient (Wildman–Crippen LogP) is 2.26. The SMILES string of the molecule is COc1ccc(N2CCN(CC(O)c3ccc4c(c3)CCCN4S(C)(=O)=O)CC2)cc1. The van der Waals surface area contributed by atoms with Crippen LogP contribution in [0.1, 0.15) is 23.7 Å². The van der Waals surface area contributed by atoms with Crippen LogP contribution in [-0.2, 0) is 16.4 Å². The van der Waals surface area contributed by atoms with E-state index in [0.29, 0.717) is 13.1 Å². The minimum Gasteiger partial charge on any atom is -0.497 e. The zero-order valence-corrected chi connectivity index (χ0v) is 19.0. The maximum absolute atomic E-state index is 12.1. The van der Waals surface area contributed by atoms with E-state index in [1.54, 1.807) is 7.11 Å². The Morgan fingerprint density at radius 2 is 1.74 bits per heavy atom. The van der Waals surface area contributed by atoms with Gasteiger partial charge < -0.3 is 14.7 Å². The Morgan fingerprint density at radius 3 is 2.39 bits per heavy atom. The third-order valence-electron chi connectivity index (χ3n) is 6.21. The van der Waals surface area contributed by atoms with Crippen LogP contribution in [0.5, 0.6) is 5.75 Å². The Labute approximate surface area is 184 Å². The fourth-order valence-corrected chi connectivity index (χ4v) is 5.46. The minimum absolute atomic E-state index is 0.520. The molecule has 0 radical (unpaired) electrons. The molecule has 2 aromatic rings. The first-order valence-corrected chi connectivity index (χ1v) is 12.6. The number of hydrogen-bond acceptors (Lipinski definition) is 6. The van der Waals surface area contributed by atoms with Crippen molar-refractivity contribution < 1.29 is 18.3 Å². The van der Waals surface area contributed by atoms with Gasteiger partial charge in [-0.2, -0.15) is 0 Å². The minimum atomic E-state index is -3.28. The van der Waals surface area contributed by atoms with Crippen molar-refractivity contribution >= 4 is 21.4 Å². The predicted molar refractivity (Wildman–Crippen MR) is 124 cm³/mol. The van der Waals surface area contributed by atoms with Gasteiger partial charge >= 0.3 is 0 Å². The lowest BCUT2D eigenvalue weighted by atomic mass is 9.98. The number of nitrogens with zero attached hydrogens (tertiary/aromatic N) is 3. The van der Waals surface area contributed by atoms with Crippen molar-refractivity contribution in [2.75, 3.05) is 61.8 Å². The van der Waals surface area contributed by atoms with Crippen LogP contribution in [0.25, 0.3) is 0 Å². The van der Waals surface area contributed by atoms with Gasteiger partial charge in [-0.1, -0.05) is 12.1 Å². The van der Waals surface area contributed by atoms with Crippen LogP contribution >= 0.6 is 0 Å². The van der Waals surface area contributed by atoms with Crippen LogP contribution in [0.4, 0.5) is 11.4 Å². The van der Waals surface area contributed by atoms with Gasteiger partial charge in [0.25, 0.3) is 0 Å². The second kappa shape index (κ2) is 9.06. The van der Waals surface area contributed by atoms with Gasteiger partial charge in [0.15, 0.2) is 0 Å². The maximum Gasteiger partial charge on any atom is 0.232 e. The summed E-state index contributed by atoms with van der Waals surface area (Å²) in [6.07, 6.45) is 2.29. The van der Waals surface area contributed by atoms with E-state index in [1.807, 2.05) is 30.3 Å². The molecule has 7 nitrogen and oxygen atoms in total. The summed E-state index contributed by atoms with van der Waals surface area (Å²) in [4.78, 5) is 4.63. The second-order valence-corrected chi connectivity index (χ2v) is 10.2. The largest absolute Gasteiger partial charge is 0.497 e. The number of aliphatic hydroxyl groups excluding tert-OH is 1. The molecule has 8 heteroatoms. The first kappa shape index (κ1) is 21.9. The van der Waals surface area contributed by atoms with E-state index in [-0.39, 0.29) is 0 Å². The van der Waals surface area contributed by atoms with Gasteiger partial charge in [0, 0.05) is 45.0 Å². The number of sulfonamides is 1. The van der Waals surface area contributed by atoms with E-state index in [2.05, 4.69) is 21.9 Å². The second-order valence-electron chi connectivity index (χ2n) is 8.33. The first-order valence-electron chi connectivity index (χ1n) is 10.7. The highest BCUT2D eigenvalue weighted by Crippen LogP contribution is 2.31. The molecule has 0 aromatic heterocycles. The number of aliphatic hydroxyl groups is 1. The summed E-state index contributed by atoms with van der Waals surface area (Å²) in [5.74, 6) is 0.857. The molecule has 2 heterocycles. The monoisotopic (exact) mass is 445 g/mol. The fourth-order valence-electron chi connectivity index (χ4n) is 4.47. The number of aryl methyl sites for hydroxylation is 1. The summed E-state index contributed by atoms with van der Waals surface area (Å²) in [5.41, 5.74) is 3.79. The van der Waals surface area contributed by atoms with Gasteiger partial charge in [0.2, 0.25) is 10.0 Å². The van der Waals surface area contributed by atoms with E-state index >= 15 is 0 Å². The number of piperazine rings is 1. The third-order valence-corrected chi connectivity index (χ3v) is 7.39. The standard InChI is InChI=1S/C23H31N3O4S/c1-30-21-8-6-20(7-9-21)25-14-12-24(13-15-25)17-23(27)19-5-10-22-18(16-19)4-3-11-26(22)31(2,28)29/h5-10,16,23,27H,3-4,11-15,17H2,1-2H3. The summed E-state index contributed by atoms with van der Waals surface area (Å²) in [6, 6.07) is 13.8. The van der Waals surface area contributed by atoms with Crippen LogP contribution in [0.15, 0.2) is 42.5 Å². The summed E-state index contributed by atoms with van der Waals surface area (Å²) in [5, 5.41) is 10.8. The molecule has 1 N–H and O–H groups in total. The molecule has 0 saturated carbocycles. The van der Waals surface area contributed by atoms with Crippen molar-refractivity contribution in [2.45, 2.75) is 18.9 Å². The zero-order chi connectivity index (χ0) is 22.0. The molecule has 4 rings (SSSR count). The normalized spacial score (nSPS) is 18.5. The van der Waals surface area contributed by atoms with Crippen LogP contribution < -0.4 is 13.9 Å². The van der Waals surface area contributed by atoms with E-state index in [1.165, 1.54) is 16.2 Å². The van der Waals surface area contributed by atoms with E-state index in [4.69, 9.17) is 4.74 Å². The number of ether oxygens (including phenoxy) is 1. The number of benzene rings is 2. The molecule has 2 aromatic carbocycles. The van der Waals surface area contributed by atoms with Gasteiger partial charge in [0.05, 0.1) is 25.2 Å². The Kier molecular flexibility index (Phi) is 6.41. The number of β-amino-alcohol motifs (C(OH)–C–C–N with tert-alkyl or cyclic N) is 1. The van der Waals surface area contributed by atoms with Gasteiger partial charge in [0.1, 0.15) is 5.75 Å². The molecule has 168 valence electrons. The van der Waals surface area contributed by atoms with Crippen molar-refractivity contribution in [3.05, 3.63) is 53.6 Å². The van der Waals surface area contributed by atoms with Crippen molar-refractivity contribution in [3.8, 4) is 5.75 Å². The lowest BCUT2D eigenvalue weighted by Crippen LogP contribution is -2.47. The zero-order valence-electron chi connectivity index (χ0n) is 18.2. The summed E-state index contributed by atoms with van der Waals surface area (Å²) in [6.45, 7) is 4.68. The molecule has 0 bridgehead atoms. The Bertz CT molecular complexity index is 1000. The van der Waals surface area contributed by atoms with E-state index < -0.39 is 16.1 Å². The Hall–Kier alpha value is -2.29. The maximum atomic E-state index is 12.1. The summed E-state index contributed by atoms with van der Waals surface area (Å²) < 4.78 is 30.8. The van der Waals surface area contributed by atoms with E-state index in [9.17, 15) is 13.5 Å². The smallest absolute Gasteiger partial charge is 0.232 e. The van der Waals surface area contributed by atoms with Gasteiger partial charge in [-0.15, -0.1) is 0 Å². The lowest BCUT2D eigenvalue weighted by Gasteiger charge is -2.37. The van der Waals surface area contributed by atoms with Crippen molar-refractivity contribution in [1.82, 2.24) is 4.90 Å². The number of rotatable bonds is 6. The highest BCUT2D eigenvalue weighted by atomic mass is 32.2. The highest BCUT2D eigenvalue weighted by Gasteiger charge is 2.26. The summed E-state index contributed by atoms with van der Waals surface area (Å²) >= 11 is 0. The molecule has 0 spiro atoms. The molecular weight excluding hydrogens is 414 g/mol. The number of methoxy groups -OCH3 is 1. The fraction of sp³-hybridized carbons (Fsp3) is 0.478. The molecule has 1 unspecified atom stereocenters. The molecule has 2 aliphatic heterocycles. The number of anilines is 2. The number of hydrogen-bond donors (Lipinski definition) is 1. The molecule has 2 aliphatic rings. The van der Waals surface area contributed by atoms with E-state index in [0.717, 1.165) is 61.6 Å². The number of fused-ring (bicyclic) bond motifs is 1. The summed E-state index contributed by atoms with van der Waals surface area (Å²) in [7, 11) is -1.61. The average molecular weight is 446 g/mol. The van der Waals surface area contributed by atoms with Crippen molar-refractivity contribution in [3.63, 3.8) is 0 Å². The van der Waals surface area contributed by atoms with Gasteiger partial charge in [-0.3, -0.25) is 9.21 Å². The molecule has 1 atom stereocenters. The molecule has 1 saturated heterocycles. The Balaban J connectivity index is 1.36. The molecule has 0 amide bonds. The molecule has 1 fully saturated rings. The third kappa shape index (κ3) is 4.97. The van der Waals surface area contributed by atoms with Gasteiger partial charge in [-0.25, -0.2) is 8.42 Å². The average Bonchev–Trinajstić information content (AvgIpc) is 2.78. The quantitative estimate of drug-likeness (QED) is 0.735. The molecule has 31 heavy (non-hydrogen) atoms. The van der Waals surface area contributed by atoms with Crippen molar-refractivity contribution in [1.29, 1.82) is 0 Å². The molecular formula is C23H31N3O4S.